The molecule has 0 radical (unpaired) electrons. The number of aryl methyl sites for hydroxylation is 4. The predicted octanol–water partition coefficient (Wildman–Crippen LogP) is 3.75. The molecule has 0 bridgehead atoms. The molecule has 0 atom stereocenters. The lowest BCUT2D eigenvalue weighted by Gasteiger charge is -2.09. The number of benzene rings is 2. The largest absolute Gasteiger partial charge is 0.343 e. The Morgan fingerprint density at radius 3 is 2.72 bits per heavy atom. The Kier molecular flexibility index (Phi) is 5.34. The van der Waals surface area contributed by atoms with Gasteiger partial charge >= 0.3 is 0 Å². The molecule has 29 heavy (non-hydrogen) atoms. The van der Waals surface area contributed by atoms with Gasteiger partial charge in [-0.1, -0.05) is 12.5 Å². The van der Waals surface area contributed by atoms with Gasteiger partial charge in [0.1, 0.15) is 5.82 Å². The SMILES string of the molecule is Cc1ccc(C(=O)NCC(=O)Nc2ccc3c(c2)nc2n3CCCCC2)cc1C. The molecule has 1 aliphatic heterocycles. The molecule has 0 unspecified atom stereocenters. The second-order valence-corrected chi connectivity index (χ2v) is 7.72. The van der Waals surface area contributed by atoms with Crippen LogP contribution in [-0.2, 0) is 17.8 Å². The van der Waals surface area contributed by atoms with E-state index in [1.165, 1.54) is 19.3 Å². The number of imidazole rings is 1. The first kappa shape index (κ1) is 19.2. The van der Waals surface area contributed by atoms with Crippen molar-refractivity contribution in [1.82, 2.24) is 14.9 Å². The average molecular weight is 390 g/mol. The van der Waals surface area contributed by atoms with Crippen LogP contribution in [0.4, 0.5) is 5.69 Å². The standard InChI is InChI=1S/C23H26N4O2/c1-15-7-8-17(12-16(15)2)23(29)24-14-22(28)25-18-9-10-20-19(13-18)26-21-6-4-3-5-11-27(20)21/h7-10,12-13H,3-6,11,14H2,1-2H3,(H,24,29)(H,25,28). The number of anilines is 1. The molecule has 0 saturated carbocycles. The van der Waals surface area contributed by atoms with E-state index in [9.17, 15) is 9.59 Å². The van der Waals surface area contributed by atoms with Crippen LogP contribution >= 0.6 is 0 Å². The molecule has 2 N–H and O–H groups in total. The highest BCUT2D eigenvalue weighted by molar-refractivity contribution is 6.00. The van der Waals surface area contributed by atoms with Gasteiger partial charge in [-0.05, 0) is 68.1 Å². The fraction of sp³-hybridized carbons (Fsp3) is 0.348. The Labute approximate surface area is 170 Å². The van der Waals surface area contributed by atoms with Crippen LogP contribution in [0.3, 0.4) is 0 Å². The van der Waals surface area contributed by atoms with Gasteiger partial charge in [0, 0.05) is 24.2 Å². The van der Waals surface area contributed by atoms with Crippen LogP contribution in [-0.4, -0.2) is 27.9 Å². The summed E-state index contributed by atoms with van der Waals surface area (Å²) in [6.07, 6.45) is 4.60. The van der Waals surface area contributed by atoms with Crippen molar-refractivity contribution in [3.8, 4) is 0 Å². The molecule has 0 aliphatic carbocycles. The molecule has 6 heteroatoms. The summed E-state index contributed by atoms with van der Waals surface area (Å²) in [5.41, 5.74) is 5.44. The van der Waals surface area contributed by atoms with Crippen molar-refractivity contribution >= 4 is 28.5 Å². The summed E-state index contributed by atoms with van der Waals surface area (Å²) in [5, 5.41) is 5.53. The monoisotopic (exact) mass is 390 g/mol. The van der Waals surface area contributed by atoms with E-state index < -0.39 is 0 Å². The zero-order valence-electron chi connectivity index (χ0n) is 16.9. The fourth-order valence-corrected chi connectivity index (χ4v) is 3.78. The van der Waals surface area contributed by atoms with Crippen LogP contribution in [0.1, 0.15) is 46.6 Å². The van der Waals surface area contributed by atoms with Crippen molar-refractivity contribution in [3.05, 3.63) is 58.9 Å². The number of amides is 2. The number of carbonyl (C=O) groups excluding carboxylic acids is 2. The number of hydrogen-bond acceptors (Lipinski definition) is 3. The Bertz CT molecular complexity index is 1080. The van der Waals surface area contributed by atoms with Gasteiger partial charge in [-0.2, -0.15) is 0 Å². The van der Waals surface area contributed by atoms with Crippen LogP contribution in [0, 0.1) is 13.8 Å². The van der Waals surface area contributed by atoms with Gasteiger partial charge in [-0.3, -0.25) is 9.59 Å². The predicted molar refractivity (Wildman–Crippen MR) is 114 cm³/mol. The van der Waals surface area contributed by atoms with Gasteiger partial charge in [0.05, 0.1) is 17.6 Å². The maximum atomic E-state index is 12.3. The summed E-state index contributed by atoms with van der Waals surface area (Å²) in [5.74, 6) is 0.612. The molecule has 4 rings (SSSR count). The highest BCUT2D eigenvalue weighted by Gasteiger charge is 2.14. The number of nitrogens with zero attached hydrogens (tertiary/aromatic N) is 2. The number of nitrogens with one attached hydrogen (secondary N) is 2. The molecule has 2 aromatic carbocycles. The molecular weight excluding hydrogens is 364 g/mol. The number of rotatable bonds is 4. The quantitative estimate of drug-likeness (QED) is 0.712. The minimum absolute atomic E-state index is 0.0799. The Morgan fingerprint density at radius 2 is 1.90 bits per heavy atom. The van der Waals surface area contributed by atoms with Gasteiger partial charge < -0.3 is 15.2 Å². The van der Waals surface area contributed by atoms with Crippen LogP contribution in [0.15, 0.2) is 36.4 Å². The van der Waals surface area contributed by atoms with Gasteiger partial charge in [0.2, 0.25) is 5.91 Å². The van der Waals surface area contributed by atoms with E-state index in [0.29, 0.717) is 11.3 Å². The summed E-state index contributed by atoms with van der Waals surface area (Å²) in [6.45, 7) is 4.88. The van der Waals surface area contributed by atoms with Crippen LogP contribution in [0.2, 0.25) is 0 Å². The lowest BCUT2D eigenvalue weighted by molar-refractivity contribution is -0.115. The number of hydrogen-bond donors (Lipinski definition) is 2. The molecule has 0 spiro atoms. The van der Waals surface area contributed by atoms with Crippen molar-refractivity contribution in [1.29, 1.82) is 0 Å². The van der Waals surface area contributed by atoms with E-state index in [0.717, 1.165) is 41.0 Å². The van der Waals surface area contributed by atoms with Gasteiger partial charge in [0.15, 0.2) is 0 Å². The Balaban J connectivity index is 1.39. The van der Waals surface area contributed by atoms with Crippen molar-refractivity contribution in [3.63, 3.8) is 0 Å². The molecule has 150 valence electrons. The average Bonchev–Trinajstić information content (AvgIpc) is 2.88. The first-order valence-electron chi connectivity index (χ1n) is 10.2. The molecule has 6 nitrogen and oxygen atoms in total. The Hall–Kier alpha value is -3.15. The van der Waals surface area contributed by atoms with Gasteiger partial charge in [0.25, 0.3) is 5.91 Å². The van der Waals surface area contributed by atoms with Crippen LogP contribution < -0.4 is 10.6 Å². The first-order valence-corrected chi connectivity index (χ1v) is 10.2. The maximum absolute atomic E-state index is 12.3. The van der Waals surface area contributed by atoms with Crippen LogP contribution in [0.25, 0.3) is 11.0 Å². The summed E-state index contributed by atoms with van der Waals surface area (Å²) >= 11 is 0. The fourth-order valence-electron chi connectivity index (χ4n) is 3.78. The van der Waals surface area contributed by atoms with Crippen molar-refractivity contribution in [2.24, 2.45) is 0 Å². The van der Waals surface area contributed by atoms with Gasteiger partial charge in [-0.15, -0.1) is 0 Å². The Morgan fingerprint density at radius 1 is 1.03 bits per heavy atom. The molecule has 0 saturated heterocycles. The molecule has 0 fully saturated rings. The third-order valence-corrected chi connectivity index (χ3v) is 5.57. The summed E-state index contributed by atoms with van der Waals surface area (Å²) < 4.78 is 2.29. The number of aromatic nitrogens is 2. The third kappa shape index (κ3) is 4.16. The molecule has 2 amide bonds. The van der Waals surface area contributed by atoms with E-state index in [1.807, 2.05) is 44.2 Å². The second-order valence-electron chi connectivity index (χ2n) is 7.72. The van der Waals surface area contributed by atoms with E-state index in [4.69, 9.17) is 4.98 Å². The lowest BCUT2D eigenvalue weighted by Crippen LogP contribution is -2.32. The molecular formula is C23H26N4O2. The van der Waals surface area contributed by atoms with Gasteiger partial charge in [-0.25, -0.2) is 4.98 Å². The van der Waals surface area contributed by atoms with Crippen molar-refractivity contribution in [2.75, 3.05) is 11.9 Å². The molecule has 1 aromatic heterocycles. The minimum Gasteiger partial charge on any atom is -0.343 e. The van der Waals surface area contributed by atoms with E-state index in [1.54, 1.807) is 6.07 Å². The molecule has 1 aliphatic rings. The zero-order valence-corrected chi connectivity index (χ0v) is 16.9. The summed E-state index contributed by atoms with van der Waals surface area (Å²) in [6, 6.07) is 11.3. The maximum Gasteiger partial charge on any atom is 0.251 e. The van der Waals surface area contributed by atoms with E-state index in [2.05, 4.69) is 15.2 Å². The first-order chi connectivity index (χ1) is 14.0. The normalized spacial score (nSPS) is 13.6. The zero-order chi connectivity index (χ0) is 20.4. The van der Waals surface area contributed by atoms with E-state index in [-0.39, 0.29) is 18.4 Å². The molecule has 3 aromatic rings. The highest BCUT2D eigenvalue weighted by Crippen LogP contribution is 2.24. The highest BCUT2D eigenvalue weighted by atomic mass is 16.2. The van der Waals surface area contributed by atoms with Crippen molar-refractivity contribution in [2.45, 2.75) is 46.1 Å². The number of fused-ring (bicyclic) bond motifs is 3. The van der Waals surface area contributed by atoms with Crippen LogP contribution in [0.5, 0.6) is 0 Å². The molecule has 2 heterocycles. The van der Waals surface area contributed by atoms with Crippen molar-refractivity contribution < 1.29 is 9.59 Å². The second kappa shape index (κ2) is 8.07. The smallest absolute Gasteiger partial charge is 0.251 e. The lowest BCUT2D eigenvalue weighted by atomic mass is 10.1. The van der Waals surface area contributed by atoms with E-state index >= 15 is 0 Å². The minimum atomic E-state index is -0.262. The summed E-state index contributed by atoms with van der Waals surface area (Å²) in [4.78, 5) is 29.3. The summed E-state index contributed by atoms with van der Waals surface area (Å²) in [7, 11) is 0. The topological polar surface area (TPSA) is 76.0 Å². The number of carbonyl (C=O) groups is 2. The third-order valence-electron chi connectivity index (χ3n) is 5.57.